The fourth-order valence-corrected chi connectivity index (χ4v) is 0.818. The molecule has 3 nitrogen and oxygen atoms in total. The number of hydrogen-bond donors (Lipinski definition) is 1. The van der Waals surface area contributed by atoms with Gasteiger partial charge in [0.2, 0.25) is 0 Å². The molecule has 0 radical (unpaired) electrons. The second-order valence-corrected chi connectivity index (χ2v) is 5.54. The zero-order valence-corrected chi connectivity index (χ0v) is 11.1. The van der Waals surface area contributed by atoms with Crippen LogP contribution in [-0.2, 0) is 9.53 Å². The third-order valence-electron chi connectivity index (χ3n) is 3.32. The molecule has 90 valence electrons. The van der Waals surface area contributed by atoms with Crippen LogP contribution in [0.4, 0.5) is 0 Å². The van der Waals surface area contributed by atoms with Gasteiger partial charge in [0.1, 0.15) is 5.60 Å². The molecule has 0 unspecified atom stereocenters. The second kappa shape index (κ2) is 4.97. The van der Waals surface area contributed by atoms with E-state index in [0.29, 0.717) is 12.5 Å². The lowest BCUT2D eigenvalue weighted by Crippen LogP contribution is -2.47. The van der Waals surface area contributed by atoms with Crippen LogP contribution >= 0.6 is 0 Å². The Hall–Kier alpha value is -0.570. The van der Waals surface area contributed by atoms with Crippen molar-refractivity contribution in [2.75, 3.05) is 13.7 Å². The van der Waals surface area contributed by atoms with Crippen molar-refractivity contribution in [3.63, 3.8) is 0 Å². The Kier molecular flexibility index (Phi) is 4.78. The lowest BCUT2D eigenvalue weighted by molar-refractivity contribution is -0.140. The van der Waals surface area contributed by atoms with Gasteiger partial charge in [0.15, 0.2) is 0 Å². The van der Waals surface area contributed by atoms with Crippen LogP contribution in [0.1, 0.15) is 41.5 Å². The molecule has 0 saturated heterocycles. The Morgan fingerprint density at radius 2 is 1.73 bits per heavy atom. The van der Waals surface area contributed by atoms with E-state index in [1.807, 2.05) is 0 Å². The molecule has 0 atom stereocenters. The van der Waals surface area contributed by atoms with Crippen LogP contribution in [0.5, 0.6) is 0 Å². The highest BCUT2D eigenvalue weighted by Gasteiger charge is 2.29. The molecule has 15 heavy (non-hydrogen) atoms. The predicted molar refractivity (Wildman–Crippen MR) is 62.7 cm³/mol. The minimum atomic E-state index is -0.743. The first-order chi connectivity index (χ1) is 6.63. The maximum absolute atomic E-state index is 11.7. The van der Waals surface area contributed by atoms with E-state index in [9.17, 15) is 4.79 Å². The monoisotopic (exact) mass is 215 g/mol. The highest BCUT2D eigenvalue weighted by atomic mass is 16.5. The quantitative estimate of drug-likeness (QED) is 0.763. The van der Waals surface area contributed by atoms with Gasteiger partial charge in [-0.05, 0) is 25.2 Å². The van der Waals surface area contributed by atoms with E-state index in [-0.39, 0.29) is 11.3 Å². The first-order valence-electron chi connectivity index (χ1n) is 5.47. The standard InChI is InChI=1S/C12H25NO2/c1-9(2)11(3,4)8-13-10(14)12(5,6)15-7/h9H,8H2,1-7H3,(H,13,14). The molecule has 0 rings (SSSR count). The molecule has 0 fully saturated rings. The van der Waals surface area contributed by atoms with E-state index in [2.05, 4.69) is 33.0 Å². The average molecular weight is 215 g/mol. The Labute approximate surface area is 93.6 Å². The summed E-state index contributed by atoms with van der Waals surface area (Å²) < 4.78 is 5.11. The fraction of sp³-hybridized carbons (Fsp3) is 0.917. The van der Waals surface area contributed by atoms with Crippen LogP contribution in [0.2, 0.25) is 0 Å². The van der Waals surface area contributed by atoms with Gasteiger partial charge in [-0.1, -0.05) is 27.7 Å². The molecular weight excluding hydrogens is 190 g/mol. The summed E-state index contributed by atoms with van der Waals surface area (Å²) in [4.78, 5) is 11.7. The summed E-state index contributed by atoms with van der Waals surface area (Å²) in [6.45, 7) is 12.8. The summed E-state index contributed by atoms with van der Waals surface area (Å²) in [5.41, 5.74) is -0.632. The maximum Gasteiger partial charge on any atom is 0.251 e. The molecule has 3 heteroatoms. The molecule has 0 heterocycles. The highest BCUT2D eigenvalue weighted by Crippen LogP contribution is 2.24. The molecule has 0 aromatic rings. The molecule has 0 aromatic carbocycles. The summed E-state index contributed by atoms with van der Waals surface area (Å²) in [5, 5.41) is 2.93. The summed E-state index contributed by atoms with van der Waals surface area (Å²) in [7, 11) is 1.55. The van der Waals surface area contributed by atoms with Crippen molar-refractivity contribution in [2.24, 2.45) is 11.3 Å². The van der Waals surface area contributed by atoms with Gasteiger partial charge in [-0.15, -0.1) is 0 Å². The Bertz CT molecular complexity index is 220. The third-order valence-corrected chi connectivity index (χ3v) is 3.32. The Balaban J connectivity index is 4.24. The topological polar surface area (TPSA) is 38.3 Å². The molecule has 1 N–H and O–H groups in total. The van der Waals surface area contributed by atoms with Gasteiger partial charge in [-0.25, -0.2) is 0 Å². The first-order valence-corrected chi connectivity index (χ1v) is 5.47. The van der Waals surface area contributed by atoms with Gasteiger partial charge in [0.25, 0.3) is 5.91 Å². The zero-order chi connectivity index (χ0) is 12.3. The van der Waals surface area contributed by atoms with Crippen molar-refractivity contribution in [2.45, 2.75) is 47.1 Å². The van der Waals surface area contributed by atoms with E-state index in [1.54, 1.807) is 21.0 Å². The van der Waals surface area contributed by atoms with Crippen LogP contribution in [0.15, 0.2) is 0 Å². The van der Waals surface area contributed by atoms with Crippen molar-refractivity contribution >= 4 is 5.91 Å². The van der Waals surface area contributed by atoms with E-state index in [4.69, 9.17) is 4.74 Å². The SMILES string of the molecule is COC(C)(C)C(=O)NCC(C)(C)C(C)C. The number of nitrogens with one attached hydrogen (secondary N) is 1. The van der Waals surface area contributed by atoms with E-state index in [1.165, 1.54) is 0 Å². The van der Waals surface area contributed by atoms with Crippen LogP contribution in [0.3, 0.4) is 0 Å². The van der Waals surface area contributed by atoms with Crippen molar-refractivity contribution in [3.05, 3.63) is 0 Å². The van der Waals surface area contributed by atoms with Crippen LogP contribution in [0, 0.1) is 11.3 Å². The van der Waals surface area contributed by atoms with Gasteiger partial charge in [0, 0.05) is 13.7 Å². The predicted octanol–water partition coefficient (Wildman–Crippen LogP) is 2.21. The smallest absolute Gasteiger partial charge is 0.251 e. The molecule has 0 spiro atoms. The lowest BCUT2D eigenvalue weighted by Gasteiger charge is -2.31. The number of carbonyl (C=O) groups is 1. The van der Waals surface area contributed by atoms with Crippen molar-refractivity contribution in [3.8, 4) is 0 Å². The van der Waals surface area contributed by atoms with Crippen molar-refractivity contribution in [1.82, 2.24) is 5.32 Å². The van der Waals surface area contributed by atoms with E-state index >= 15 is 0 Å². The molecule has 0 aliphatic carbocycles. The minimum Gasteiger partial charge on any atom is -0.369 e. The molecule has 0 aromatic heterocycles. The molecule has 0 aliphatic heterocycles. The summed E-state index contributed by atoms with van der Waals surface area (Å²) in [6, 6.07) is 0. The van der Waals surface area contributed by atoms with Crippen molar-refractivity contribution < 1.29 is 9.53 Å². The average Bonchev–Trinajstić information content (AvgIpc) is 2.13. The van der Waals surface area contributed by atoms with E-state index in [0.717, 1.165) is 0 Å². The molecule has 1 amide bonds. The van der Waals surface area contributed by atoms with E-state index < -0.39 is 5.60 Å². The fourth-order valence-electron chi connectivity index (χ4n) is 0.818. The van der Waals surface area contributed by atoms with Crippen LogP contribution in [-0.4, -0.2) is 25.2 Å². The molecule has 0 aliphatic rings. The number of hydrogen-bond acceptors (Lipinski definition) is 2. The highest BCUT2D eigenvalue weighted by molar-refractivity contribution is 5.84. The summed E-state index contributed by atoms with van der Waals surface area (Å²) in [6.07, 6.45) is 0. The Morgan fingerprint density at radius 3 is 2.07 bits per heavy atom. The van der Waals surface area contributed by atoms with Crippen LogP contribution < -0.4 is 5.32 Å². The number of methoxy groups -OCH3 is 1. The molecule has 0 bridgehead atoms. The number of rotatable bonds is 5. The van der Waals surface area contributed by atoms with Gasteiger partial charge in [0.05, 0.1) is 0 Å². The van der Waals surface area contributed by atoms with Crippen LogP contribution in [0.25, 0.3) is 0 Å². The third kappa shape index (κ3) is 4.20. The number of carbonyl (C=O) groups excluding carboxylic acids is 1. The Morgan fingerprint density at radius 1 is 1.27 bits per heavy atom. The first kappa shape index (κ1) is 14.4. The van der Waals surface area contributed by atoms with Gasteiger partial charge < -0.3 is 10.1 Å². The number of amides is 1. The second-order valence-electron chi connectivity index (χ2n) is 5.54. The summed E-state index contributed by atoms with van der Waals surface area (Å²) >= 11 is 0. The van der Waals surface area contributed by atoms with Gasteiger partial charge >= 0.3 is 0 Å². The minimum absolute atomic E-state index is 0.0567. The largest absolute Gasteiger partial charge is 0.369 e. The van der Waals surface area contributed by atoms with Crippen molar-refractivity contribution in [1.29, 1.82) is 0 Å². The molecular formula is C12H25NO2. The van der Waals surface area contributed by atoms with Gasteiger partial charge in [-0.3, -0.25) is 4.79 Å². The summed E-state index contributed by atoms with van der Waals surface area (Å²) in [5.74, 6) is 0.474. The normalized spacial score (nSPS) is 13.1. The zero-order valence-electron chi connectivity index (χ0n) is 11.1. The number of ether oxygens (including phenoxy) is 1. The lowest BCUT2D eigenvalue weighted by atomic mass is 9.81. The van der Waals surface area contributed by atoms with Gasteiger partial charge in [-0.2, -0.15) is 0 Å². The molecule has 0 saturated carbocycles. The maximum atomic E-state index is 11.7.